The Hall–Kier alpha value is -2.49. The van der Waals surface area contributed by atoms with E-state index < -0.39 is 5.91 Å². The highest BCUT2D eigenvalue weighted by molar-refractivity contribution is 5.93. The van der Waals surface area contributed by atoms with Crippen LogP contribution in [0.2, 0.25) is 0 Å². The number of aryl methyl sites for hydroxylation is 2. The second-order valence-electron chi connectivity index (χ2n) is 4.81. The van der Waals surface area contributed by atoms with Crippen LogP contribution in [0.15, 0.2) is 36.4 Å². The van der Waals surface area contributed by atoms with Gasteiger partial charge in [-0.15, -0.1) is 0 Å². The SMILES string of the molecule is Cc1ccc(OCc2ccc(C(N)=O)cc2N)cc1C. The predicted molar refractivity (Wildman–Crippen MR) is 79.6 cm³/mol. The zero-order valence-electron chi connectivity index (χ0n) is 11.6. The van der Waals surface area contributed by atoms with E-state index in [0.29, 0.717) is 17.9 Å². The third-order valence-electron chi connectivity index (χ3n) is 3.30. The fourth-order valence-corrected chi connectivity index (χ4v) is 1.84. The molecule has 0 bridgehead atoms. The lowest BCUT2D eigenvalue weighted by Gasteiger charge is -2.10. The van der Waals surface area contributed by atoms with Gasteiger partial charge >= 0.3 is 0 Å². The maximum absolute atomic E-state index is 11.0. The molecule has 0 heterocycles. The van der Waals surface area contributed by atoms with E-state index in [9.17, 15) is 4.79 Å². The molecule has 0 aliphatic carbocycles. The Kier molecular flexibility index (Phi) is 3.94. The van der Waals surface area contributed by atoms with Crippen molar-refractivity contribution in [2.45, 2.75) is 20.5 Å². The van der Waals surface area contributed by atoms with Gasteiger partial charge in [0, 0.05) is 16.8 Å². The first-order chi connectivity index (χ1) is 9.47. The summed E-state index contributed by atoms with van der Waals surface area (Å²) in [6, 6.07) is 10.9. The molecule has 0 spiro atoms. The van der Waals surface area contributed by atoms with Gasteiger partial charge in [0.1, 0.15) is 12.4 Å². The Labute approximate surface area is 118 Å². The van der Waals surface area contributed by atoms with Crippen LogP contribution in [0.3, 0.4) is 0 Å². The van der Waals surface area contributed by atoms with Crippen molar-refractivity contribution >= 4 is 11.6 Å². The highest BCUT2D eigenvalue weighted by Gasteiger charge is 2.06. The van der Waals surface area contributed by atoms with Gasteiger partial charge in [0.25, 0.3) is 0 Å². The molecule has 20 heavy (non-hydrogen) atoms. The first kappa shape index (κ1) is 13.9. The number of hydrogen-bond donors (Lipinski definition) is 2. The number of amides is 1. The van der Waals surface area contributed by atoms with Crippen LogP contribution in [0, 0.1) is 13.8 Å². The Bertz CT molecular complexity index is 651. The fourth-order valence-electron chi connectivity index (χ4n) is 1.84. The predicted octanol–water partition coefficient (Wildman–Crippen LogP) is 2.56. The zero-order chi connectivity index (χ0) is 14.7. The Morgan fingerprint density at radius 2 is 1.85 bits per heavy atom. The number of ether oxygens (including phenoxy) is 1. The van der Waals surface area contributed by atoms with Gasteiger partial charge in [-0.1, -0.05) is 12.1 Å². The highest BCUT2D eigenvalue weighted by Crippen LogP contribution is 2.20. The molecule has 104 valence electrons. The van der Waals surface area contributed by atoms with Gasteiger partial charge in [0.2, 0.25) is 5.91 Å². The van der Waals surface area contributed by atoms with Crippen molar-refractivity contribution in [3.8, 4) is 5.75 Å². The minimum Gasteiger partial charge on any atom is -0.489 e. The molecule has 0 aromatic heterocycles. The largest absolute Gasteiger partial charge is 0.489 e. The van der Waals surface area contributed by atoms with Crippen molar-refractivity contribution in [3.63, 3.8) is 0 Å². The highest BCUT2D eigenvalue weighted by atomic mass is 16.5. The molecule has 0 fully saturated rings. The molecule has 1 amide bonds. The average molecular weight is 270 g/mol. The maximum atomic E-state index is 11.0. The molecule has 4 nitrogen and oxygen atoms in total. The molecular formula is C16H18N2O2. The average Bonchev–Trinajstić information content (AvgIpc) is 2.41. The molecule has 0 aliphatic rings. The Balaban J connectivity index is 2.10. The molecule has 0 unspecified atom stereocenters. The lowest BCUT2D eigenvalue weighted by atomic mass is 10.1. The molecule has 0 aliphatic heterocycles. The van der Waals surface area contributed by atoms with E-state index in [0.717, 1.165) is 11.3 Å². The number of nitrogens with two attached hydrogens (primary N) is 2. The summed E-state index contributed by atoms with van der Waals surface area (Å²) in [7, 11) is 0. The summed E-state index contributed by atoms with van der Waals surface area (Å²) < 4.78 is 5.71. The summed E-state index contributed by atoms with van der Waals surface area (Å²) in [4.78, 5) is 11.0. The van der Waals surface area contributed by atoms with Crippen molar-refractivity contribution in [3.05, 3.63) is 58.7 Å². The quantitative estimate of drug-likeness (QED) is 0.838. The summed E-state index contributed by atoms with van der Waals surface area (Å²) in [5.74, 6) is 0.310. The van der Waals surface area contributed by atoms with Crippen LogP contribution in [-0.4, -0.2) is 5.91 Å². The molecule has 2 aromatic carbocycles. The van der Waals surface area contributed by atoms with E-state index in [1.807, 2.05) is 25.1 Å². The van der Waals surface area contributed by atoms with Crippen LogP contribution in [-0.2, 0) is 6.61 Å². The topological polar surface area (TPSA) is 78.3 Å². The van der Waals surface area contributed by atoms with E-state index in [-0.39, 0.29) is 0 Å². The lowest BCUT2D eigenvalue weighted by Crippen LogP contribution is -2.12. The summed E-state index contributed by atoms with van der Waals surface area (Å²) in [5, 5.41) is 0. The van der Waals surface area contributed by atoms with Gasteiger partial charge in [0.05, 0.1) is 0 Å². The van der Waals surface area contributed by atoms with Gasteiger partial charge < -0.3 is 16.2 Å². The van der Waals surface area contributed by atoms with E-state index in [4.69, 9.17) is 16.2 Å². The zero-order valence-corrected chi connectivity index (χ0v) is 11.6. The van der Waals surface area contributed by atoms with Crippen LogP contribution >= 0.6 is 0 Å². The Morgan fingerprint density at radius 1 is 1.10 bits per heavy atom. The maximum Gasteiger partial charge on any atom is 0.248 e. The first-order valence-corrected chi connectivity index (χ1v) is 6.35. The second kappa shape index (κ2) is 5.65. The first-order valence-electron chi connectivity index (χ1n) is 6.35. The Morgan fingerprint density at radius 3 is 2.45 bits per heavy atom. The number of hydrogen-bond acceptors (Lipinski definition) is 3. The number of primary amides is 1. The standard InChI is InChI=1S/C16H18N2O2/c1-10-3-6-14(7-11(10)2)20-9-13-5-4-12(16(18)19)8-15(13)17/h3-8H,9,17H2,1-2H3,(H2,18,19). The number of carbonyl (C=O) groups is 1. The van der Waals surface area contributed by atoms with Crippen LogP contribution in [0.5, 0.6) is 5.75 Å². The fraction of sp³-hybridized carbons (Fsp3) is 0.188. The lowest BCUT2D eigenvalue weighted by molar-refractivity contribution is 0.100. The van der Waals surface area contributed by atoms with Crippen molar-refractivity contribution in [1.82, 2.24) is 0 Å². The summed E-state index contributed by atoms with van der Waals surface area (Å²) >= 11 is 0. The van der Waals surface area contributed by atoms with Crippen LogP contribution in [0.1, 0.15) is 27.0 Å². The van der Waals surface area contributed by atoms with Crippen molar-refractivity contribution in [1.29, 1.82) is 0 Å². The second-order valence-corrected chi connectivity index (χ2v) is 4.81. The third-order valence-corrected chi connectivity index (χ3v) is 3.30. The third kappa shape index (κ3) is 3.09. The van der Waals surface area contributed by atoms with Crippen LogP contribution in [0.4, 0.5) is 5.69 Å². The van der Waals surface area contributed by atoms with E-state index >= 15 is 0 Å². The van der Waals surface area contributed by atoms with Gasteiger partial charge in [-0.3, -0.25) is 4.79 Å². The molecular weight excluding hydrogens is 252 g/mol. The van der Waals surface area contributed by atoms with Crippen molar-refractivity contribution < 1.29 is 9.53 Å². The minimum atomic E-state index is -0.488. The number of nitrogen functional groups attached to an aromatic ring is 1. The molecule has 0 radical (unpaired) electrons. The molecule has 4 heteroatoms. The van der Waals surface area contributed by atoms with Crippen LogP contribution < -0.4 is 16.2 Å². The molecule has 0 atom stereocenters. The molecule has 0 saturated carbocycles. The van der Waals surface area contributed by atoms with Gasteiger partial charge in [-0.2, -0.15) is 0 Å². The molecule has 0 saturated heterocycles. The van der Waals surface area contributed by atoms with E-state index in [1.54, 1.807) is 18.2 Å². The van der Waals surface area contributed by atoms with Gasteiger partial charge in [-0.05, 0) is 49.2 Å². The van der Waals surface area contributed by atoms with Gasteiger partial charge in [-0.25, -0.2) is 0 Å². The van der Waals surface area contributed by atoms with Gasteiger partial charge in [0.15, 0.2) is 0 Å². The minimum absolute atomic E-state index is 0.355. The number of anilines is 1. The number of benzene rings is 2. The van der Waals surface area contributed by atoms with Crippen LogP contribution in [0.25, 0.3) is 0 Å². The summed E-state index contributed by atoms with van der Waals surface area (Å²) in [6.07, 6.45) is 0. The number of rotatable bonds is 4. The number of carbonyl (C=O) groups excluding carboxylic acids is 1. The van der Waals surface area contributed by atoms with E-state index in [2.05, 4.69) is 6.92 Å². The summed E-state index contributed by atoms with van der Waals surface area (Å²) in [6.45, 7) is 4.45. The molecule has 4 N–H and O–H groups in total. The van der Waals surface area contributed by atoms with E-state index in [1.165, 1.54) is 11.1 Å². The molecule has 2 rings (SSSR count). The smallest absolute Gasteiger partial charge is 0.248 e. The monoisotopic (exact) mass is 270 g/mol. The van der Waals surface area contributed by atoms with Crippen molar-refractivity contribution in [2.24, 2.45) is 5.73 Å². The normalized spacial score (nSPS) is 10.3. The summed E-state index contributed by atoms with van der Waals surface area (Å²) in [5.41, 5.74) is 15.2. The molecule has 2 aromatic rings. The van der Waals surface area contributed by atoms with Crippen molar-refractivity contribution in [2.75, 3.05) is 5.73 Å².